The Morgan fingerprint density at radius 1 is 1.09 bits per heavy atom. The number of hydrogen-bond acceptors (Lipinski definition) is 3. The number of fused-ring (bicyclic) bond motifs is 1. The van der Waals surface area contributed by atoms with Gasteiger partial charge >= 0.3 is 5.97 Å². The van der Waals surface area contributed by atoms with E-state index in [1.54, 1.807) is 6.20 Å². The summed E-state index contributed by atoms with van der Waals surface area (Å²) in [6, 6.07) is 17.0. The molecule has 0 aliphatic rings. The molecule has 0 saturated carbocycles. The Morgan fingerprint density at radius 3 is 2.55 bits per heavy atom. The lowest BCUT2D eigenvalue weighted by Crippen LogP contribution is -2.32. The van der Waals surface area contributed by atoms with Crippen LogP contribution >= 0.6 is 0 Å². The lowest BCUT2D eigenvalue weighted by molar-refractivity contribution is -0.138. The minimum atomic E-state index is -0.984. The first-order chi connectivity index (χ1) is 10.6. The topological polar surface area (TPSA) is 76.2 Å². The average Bonchev–Trinajstić information content (AvgIpc) is 2.55. The van der Waals surface area contributed by atoms with Gasteiger partial charge in [-0.3, -0.25) is 9.78 Å². The van der Waals surface area contributed by atoms with Gasteiger partial charge in [0.1, 0.15) is 6.04 Å². The first-order valence-corrected chi connectivity index (χ1v) is 7.06. The Morgan fingerprint density at radius 2 is 1.82 bits per heavy atom. The average molecular weight is 292 g/mol. The lowest BCUT2D eigenvalue weighted by Gasteiger charge is -2.09. The van der Waals surface area contributed by atoms with Crippen molar-refractivity contribution in [2.24, 2.45) is 5.73 Å². The Kier molecular flexibility index (Phi) is 3.85. The van der Waals surface area contributed by atoms with Gasteiger partial charge in [0, 0.05) is 17.1 Å². The summed E-state index contributed by atoms with van der Waals surface area (Å²) in [4.78, 5) is 15.3. The molecule has 1 unspecified atom stereocenters. The van der Waals surface area contributed by atoms with Crippen molar-refractivity contribution >= 4 is 16.9 Å². The highest BCUT2D eigenvalue weighted by Gasteiger charge is 2.12. The number of carboxylic acids is 1. The van der Waals surface area contributed by atoms with E-state index in [4.69, 9.17) is 10.8 Å². The number of para-hydroxylation sites is 1. The number of carbonyl (C=O) groups is 1. The van der Waals surface area contributed by atoms with Crippen LogP contribution in [0.5, 0.6) is 0 Å². The highest BCUT2D eigenvalue weighted by Crippen LogP contribution is 2.27. The monoisotopic (exact) mass is 292 g/mol. The van der Waals surface area contributed by atoms with E-state index in [1.807, 2.05) is 54.6 Å². The molecule has 3 aromatic rings. The minimum Gasteiger partial charge on any atom is -0.480 e. The molecule has 110 valence electrons. The fourth-order valence-electron chi connectivity index (χ4n) is 2.50. The van der Waals surface area contributed by atoms with Gasteiger partial charge in [-0.25, -0.2) is 0 Å². The molecule has 0 fully saturated rings. The summed E-state index contributed by atoms with van der Waals surface area (Å²) in [6.07, 6.45) is 2.11. The SMILES string of the molecule is NC(Cc1ccc(-c2cccc3cccnc23)cc1)C(=O)O. The van der Waals surface area contributed by atoms with Crippen LogP contribution in [0.15, 0.2) is 60.8 Å². The number of carboxylic acid groups (broad SMARTS) is 1. The summed E-state index contributed by atoms with van der Waals surface area (Å²) < 4.78 is 0. The number of hydrogen-bond donors (Lipinski definition) is 2. The molecular weight excluding hydrogens is 276 g/mol. The Balaban J connectivity index is 1.93. The predicted octanol–water partition coefficient (Wildman–Crippen LogP) is 2.86. The molecule has 1 atom stereocenters. The van der Waals surface area contributed by atoms with Crippen LogP contribution in [0.3, 0.4) is 0 Å². The van der Waals surface area contributed by atoms with Gasteiger partial charge in [-0.05, 0) is 23.6 Å². The largest absolute Gasteiger partial charge is 0.480 e. The summed E-state index contributed by atoms with van der Waals surface area (Å²) in [7, 11) is 0. The van der Waals surface area contributed by atoms with E-state index in [0.717, 1.165) is 27.6 Å². The second-order valence-corrected chi connectivity index (χ2v) is 5.23. The van der Waals surface area contributed by atoms with Gasteiger partial charge in [-0.15, -0.1) is 0 Å². The van der Waals surface area contributed by atoms with Crippen LogP contribution in [-0.2, 0) is 11.2 Å². The zero-order valence-corrected chi connectivity index (χ0v) is 11.9. The van der Waals surface area contributed by atoms with Gasteiger partial charge < -0.3 is 10.8 Å². The van der Waals surface area contributed by atoms with Crippen molar-refractivity contribution in [2.75, 3.05) is 0 Å². The van der Waals surface area contributed by atoms with E-state index < -0.39 is 12.0 Å². The standard InChI is InChI=1S/C18H16N2O2/c19-16(18(21)22)11-12-6-8-13(9-7-12)15-5-1-3-14-4-2-10-20-17(14)15/h1-10,16H,11,19H2,(H,21,22). The van der Waals surface area contributed by atoms with E-state index >= 15 is 0 Å². The van der Waals surface area contributed by atoms with Crippen LogP contribution < -0.4 is 5.73 Å². The minimum absolute atomic E-state index is 0.323. The number of pyridine rings is 1. The van der Waals surface area contributed by atoms with Crippen LogP contribution in [0.4, 0.5) is 0 Å². The molecular formula is C18H16N2O2. The summed E-state index contributed by atoms with van der Waals surface area (Å²) in [5, 5.41) is 9.96. The number of nitrogens with two attached hydrogens (primary N) is 1. The second-order valence-electron chi connectivity index (χ2n) is 5.23. The summed E-state index contributed by atoms with van der Waals surface area (Å²) in [5.74, 6) is -0.984. The summed E-state index contributed by atoms with van der Waals surface area (Å²) in [5.41, 5.74) is 9.54. The van der Waals surface area contributed by atoms with E-state index in [1.165, 1.54) is 0 Å². The number of benzene rings is 2. The predicted molar refractivity (Wildman–Crippen MR) is 86.5 cm³/mol. The smallest absolute Gasteiger partial charge is 0.320 e. The molecule has 4 nitrogen and oxygen atoms in total. The molecule has 0 saturated heterocycles. The van der Waals surface area contributed by atoms with Gasteiger partial charge in [0.25, 0.3) is 0 Å². The van der Waals surface area contributed by atoms with E-state index in [0.29, 0.717) is 6.42 Å². The van der Waals surface area contributed by atoms with E-state index in [2.05, 4.69) is 4.98 Å². The van der Waals surface area contributed by atoms with E-state index in [9.17, 15) is 4.79 Å². The van der Waals surface area contributed by atoms with Gasteiger partial charge in [-0.2, -0.15) is 0 Å². The molecule has 0 aliphatic heterocycles. The molecule has 0 bridgehead atoms. The van der Waals surface area contributed by atoms with E-state index in [-0.39, 0.29) is 0 Å². The lowest BCUT2D eigenvalue weighted by atomic mass is 9.99. The molecule has 3 N–H and O–H groups in total. The molecule has 4 heteroatoms. The fraction of sp³-hybridized carbons (Fsp3) is 0.111. The van der Waals surface area contributed by atoms with Gasteiger partial charge in [0.05, 0.1) is 5.52 Å². The van der Waals surface area contributed by atoms with Crippen LogP contribution in [0.25, 0.3) is 22.0 Å². The number of aliphatic carboxylic acids is 1. The first kappa shape index (κ1) is 14.2. The maximum atomic E-state index is 10.8. The maximum Gasteiger partial charge on any atom is 0.320 e. The maximum absolute atomic E-state index is 10.8. The Bertz CT molecular complexity index is 807. The number of nitrogens with zero attached hydrogens (tertiary/aromatic N) is 1. The van der Waals surface area contributed by atoms with Gasteiger partial charge in [0.15, 0.2) is 0 Å². The third-order valence-corrected chi connectivity index (χ3v) is 3.67. The van der Waals surface area contributed by atoms with Crippen molar-refractivity contribution in [1.29, 1.82) is 0 Å². The molecule has 0 aliphatic carbocycles. The molecule has 2 aromatic carbocycles. The second kappa shape index (κ2) is 5.95. The molecule has 0 spiro atoms. The molecule has 0 radical (unpaired) electrons. The summed E-state index contributed by atoms with van der Waals surface area (Å²) in [6.45, 7) is 0. The normalized spacial score (nSPS) is 12.2. The highest BCUT2D eigenvalue weighted by atomic mass is 16.4. The molecule has 1 aromatic heterocycles. The highest BCUT2D eigenvalue weighted by molar-refractivity contribution is 5.93. The number of rotatable bonds is 4. The molecule has 22 heavy (non-hydrogen) atoms. The van der Waals surface area contributed by atoms with Crippen molar-refractivity contribution in [3.63, 3.8) is 0 Å². The van der Waals surface area contributed by atoms with Gasteiger partial charge in [0.2, 0.25) is 0 Å². The van der Waals surface area contributed by atoms with Crippen molar-refractivity contribution in [3.8, 4) is 11.1 Å². The van der Waals surface area contributed by atoms with Crippen LogP contribution in [0, 0.1) is 0 Å². The Hall–Kier alpha value is -2.72. The van der Waals surface area contributed by atoms with Crippen molar-refractivity contribution in [2.45, 2.75) is 12.5 Å². The quantitative estimate of drug-likeness (QED) is 0.775. The molecule has 1 heterocycles. The van der Waals surface area contributed by atoms with Crippen molar-refractivity contribution in [3.05, 3.63) is 66.4 Å². The van der Waals surface area contributed by atoms with Gasteiger partial charge in [-0.1, -0.05) is 48.5 Å². The van der Waals surface area contributed by atoms with Crippen molar-refractivity contribution < 1.29 is 9.90 Å². The fourth-order valence-corrected chi connectivity index (χ4v) is 2.50. The third-order valence-electron chi connectivity index (χ3n) is 3.67. The molecule has 3 rings (SSSR count). The van der Waals surface area contributed by atoms with Crippen LogP contribution in [-0.4, -0.2) is 22.1 Å². The third kappa shape index (κ3) is 2.82. The van der Waals surface area contributed by atoms with Crippen molar-refractivity contribution in [1.82, 2.24) is 4.98 Å². The van der Waals surface area contributed by atoms with Crippen LogP contribution in [0.2, 0.25) is 0 Å². The summed E-state index contributed by atoms with van der Waals surface area (Å²) >= 11 is 0. The van der Waals surface area contributed by atoms with Crippen LogP contribution in [0.1, 0.15) is 5.56 Å². The zero-order valence-electron chi connectivity index (χ0n) is 11.9. The molecule has 0 amide bonds. The number of aromatic nitrogens is 1. The first-order valence-electron chi connectivity index (χ1n) is 7.06. The Labute approximate surface area is 128 Å². The zero-order chi connectivity index (χ0) is 15.5.